The highest BCUT2D eigenvalue weighted by Crippen LogP contribution is 2.30. The molecular weight excluding hydrogens is 444 g/mol. The molecule has 1 aromatic heterocycles. The van der Waals surface area contributed by atoms with Gasteiger partial charge in [-0.05, 0) is 43.3 Å². The monoisotopic (exact) mass is 470 g/mol. The van der Waals surface area contributed by atoms with Gasteiger partial charge in [-0.1, -0.05) is 17.7 Å². The first kappa shape index (κ1) is 23.1. The molecule has 1 fully saturated rings. The van der Waals surface area contributed by atoms with Crippen LogP contribution in [0.3, 0.4) is 0 Å². The first-order valence-corrected chi connectivity index (χ1v) is 11.3. The van der Waals surface area contributed by atoms with Crippen molar-refractivity contribution in [2.24, 2.45) is 5.92 Å². The second-order valence-corrected chi connectivity index (χ2v) is 8.36. The lowest BCUT2D eigenvalue weighted by Gasteiger charge is -2.39. The van der Waals surface area contributed by atoms with E-state index in [9.17, 15) is 9.59 Å². The summed E-state index contributed by atoms with van der Waals surface area (Å²) in [6.45, 7) is 5.07. The lowest BCUT2D eigenvalue weighted by molar-refractivity contribution is 0.0458. The minimum Gasteiger partial charge on any atom is -0.496 e. The molecule has 174 valence electrons. The van der Waals surface area contributed by atoms with Crippen molar-refractivity contribution in [1.82, 2.24) is 20.0 Å². The third-order valence-electron chi connectivity index (χ3n) is 5.67. The number of likely N-dealkylation sites (tertiary alicyclic amines) is 1. The summed E-state index contributed by atoms with van der Waals surface area (Å²) in [5.41, 5.74) is 1.76. The van der Waals surface area contributed by atoms with E-state index < -0.39 is 0 Å². The molecule has 0 atom stereocenters. The second-order valence-electron chi connectivity index (χ2n) is 7.92. The predicted molar refractivity (Wildman–Crippen MR) is 126 cm³/mol. The molecule has 2 heterocycles. The Morgan fingerprint density at radius 3 is 2.64 bits per heavy atom. The van der Waals surface area contributed by atoms with Crippen LogP contribution in [-0.2, 0) is 11.3 Å². The number of carbonyl (C=O) groups is 2. The van der Waals surface area contributed by atoms with Crippen LogP contribution in [0.15, 0.2) is 42.5 Å². The molecule has 0 radical (unpaired) electrons. The zero-order valence-corrected chi connectivity index (χ0v) is 19.5. The van der Waals surface area contributed by atoms with E-state index in [1.165, 1.54) is 0 Å². The van der Waals surface area contributed by atoms with Crippen LogP contribution < -0.4 is 10.1 Å². The Balaban J connectivity index is 1.50. The average molecular weight is 471 g/mol. The molecule has 0 saturated carbocycles. The van der Waals surface area contributed by atoms with Crippen LogP contribution in [0.25, 0.3) is 10.9 Å². The third-order valence-corrected chi connectivity index (χ3v) is 5.92. The number of methoxy groups -OCH3 is 1. The Morgan fingerprint density at radius 2 is 1.94 bits per heavy atom. The van der Waals surface area contributed by atoms with E-state index in [0.29, 0.717) is 72.3 Å². The van der Waals surface area contributed by atoms with Crippen molar-refractivity contribution in [3.8, 4) is 5.75 Å². The van der Waals surface area contributed by atoms with Crippen LogP contribution in [0, 0.1) is 5.92 Å². The van der Waals surface area contributed by atoms with Crippen molar-refractivity contribution in [2.45, 2.75) is 13.5 Å². The molecule has 3 aromatic rings. The Morgan fingerprint density at radius 1 is 1.18 bits per heavy atom. The summed E-state index contributed by atoms with van der Waals surface area (Å²) in [6.07, 6.45) is 0. The Labute approximate surface area is 197 Å². The van der Waals surface area contributed by atoms with Crippen molar-refractivity contribution in [2.75, 3.05) is 40.0 Å². The van der Waals surface area contributed by atoms with Crippen molar-refractivity contribution >= 4 is 34.3 Å². The zero-order valence-electron chi connectivity index (χ0n) is 18.7. The highest BCUT2D eigenvalue weighted by molar-refractivity contribution is 6.30. The van der Waals surface area contributed by atoms with Gasteiger partial charge in [0, 0.05) is 49.3 Å². The Bertz CT molecular complexity index is 1140. The molecule has 0 bridgehead atoms. The number of benzene rings is 2. The van der Waals surface area contributed by atoms with Gasteiger partial charge >= 0.3 is 0 Å². The molecular formula is C24H27ClN4O4. The van der Waals surface area contributed by atoms with E-state index >= 15 is 0 Å². The molecule has 1 N–H and O–H groups in total. The van der Waals surface area contributed by atoms with Crippen LogP contribution in [0.1, 0.15) is 27.8 Å². The number of nitrogens with zero attached hydrogens (tertiary/aromatic N) is 3. The average Bonchev–Trinajstić information content (AvgIpc) is 3.17. The van der Waals surface area contributed by atoms with E-state index in [2.05, 4.69) is 10.4 Å². The SMILES string of the molecule is CCOCCNC(=O)c1c2c(OC)cccc2nn1CC1CN(C(=O)c2ccc(Cl)cc2)C1. The molecule has 0 unspecified atom stereocenters. The van der Waals surface area contributed by atoms with Gasteiger partial charge in [0.2, 0.25) is 0 Å². The van der Waals surface area contributed by atoms with Crippen molar-refractivity contribution in [3.63, 3.8) is 0 Å². The molecule has 4 rings (SSSR count). The number of hydrogen-bond acceptors (Lipinski definition) is 5. The molecule has 33 heavy (non-hydrogen) atoms. The van der Waals surface area contributed by atoms with E-state index in [1.54, 1.807) is 41.0 Å². The molecule has 0 spiro atoms. The van der Waals surface area contributed by atoms with Crippen LogP contribution in [0.5, 0.6) is 5.75 Å². The van der Waals surface area contributed by atoms with Gasteiger partial charge in [0.15, 0.2) is 0 Å². The number of amides is 2. The van der Waals surface area contributed by atoms with Crippen LogP contribution >= 0.6 is 11.6 Å². The van der Waals surface area contributed by atoms with Crippen molar-refractivity contribution in [3.05, 3.63) is 58.7 Å². The van der Waals surface area contributed by atoms with Gasteiger partial charge in [-0.25, -0.2) is 0 Å². The molecule has 1 saturated heterocycles. The minimum atomic E-state index is -0.227. The fourth-order valence-corrected chi connectivity index (χ4v) is 4.14. The van der Waals surface area contributed by atoms with Gasteiger partial charge in [-0.3, -0.25) is 14.3 Å². The standard InChI is InChI=1S/C24H27ClN4O4/c1-3-33-12-11-26-23(30)22-21-19(5-4-6-20(21)32-2)27-29(22)15-16-13-28(14-16)24(31)17-7-9-18(25)10-8-17/h4-10,16H,3,11-15H2,1-2H3,(H,26,30). The maximum atomic E-state index is 13.1. The first-order valence-electron chi connectivity index (χ1n) is 11.0. The molecule has 1 aliphatic heterocycles. The summed E-state index contributed by atoms with van der Waals surface area (Å²) in [6, 6.07) is 12.4. The molecule has 0 aliphatic carbocycles. The number of nitrogens with one attached hydrogen (secondary N) is 1. The van der Waals surface area contributed by atoms with Crippen molar-refractivity contribution in [1.29, 1.82) is 0 Å². The lowest BCUT2D eigenvalue weighted by atomic mass is 9.98. The maximum Gasteiger partial charge on any atom is 0.270 e. The number of fused-ring (bicyclic) bond motifs is 1. The predicted octanol–water partition coefficient (Wildman–Crippen LogP) is 3.24. The van der Waals surface area contributed by atoms with Gasteiger partial charge in [0.1, 0.15) is 11.4 Å². The van der Waals surface area contributed by atoms with Crippen LogP contribution in [0.4, 0.5) is 0 Å². The second kappa shape index (κ2) is 10.2. The lowest BCUT2D eigenvalue weighted by Crippen LogP contribution is -2.51. The zero-order chi connectivity index (χ0) is 23.4. The minimum absolute atomic E-state index is 0.0240. The highest BCUT2D eigenvalue weighted by atomic mass is 35.5. The van der Waals surface area contributed by atoms with Crippen molar-refractivity contribution < 1.29 is 19.1 Å². The molecule has 2 aromatic carbocycles. The maximum absolute atomic E-state index is 13.1. The fourth-order valence-electron chi connectivity index (χ4n) is 4.02. The molecule has 9 heteroatoms. The number of halogens is 1. The highest BCUT2D eigenvalue weighted by Gasteiger charge is 2.33. The number of ether oxygens (including phenoxy) is 2. The van der Waals surface area contributed by atoms with E-state index in [-0.39, 0.29) is 17.7 Å². The molecule has 1 aliphatic rings. The first-order chi connectivity index (χ1) is 16.0. The van der Waals surface area contributed by atoms with Gasteiger partial charge in [0.25, 0.3) is 11.8 Å². The fraction of sp³-hybridized carbons (Fsp3) is 0.375. The number of aromatic nitrogens is 2. The summed E-state index contributed by atoms with van der Waals surface area (Å²) < 4.78 is 12.6. The Hall–Kier alpha value is -3.10. The van der Waals surface area contributed by atoms with Gasteiger partial charge < -0.3 is 19.7 Å². The number of rotatable bonds is 9. The van der Waals surface area contributed by atoms with E-state index in [1.807, 2.05) is 25.1 Å². The topological polar surface area (TPSA) is 85.7 Å². The largest absolute Gasteiger partial charge is 0.496 e. The summed E-state index contributed by atoms with van der Waals surface area (Å²) >= 11 is 5.92. The molecule has 8 nitrogen and oxygen atoms in total. The quantitative estimate of drug-likeness (QED) is 0.485. The third kappa shape index (κ3) is 4.96. The van der Waals surface area contributed by atoms with Crippen LogP contribution in [-0.4, -0.2) is 66.5 Å². The van der Waals surface area contributed by atoms with Gasteiger partial charge in [-0.15, -0.1) is 0 Å². The normalized spacial score (nSPS) is 13.7. The summed E-state index contributed by atoms with van der Waals surface area (Å²) in [5.74, 6) is 0.539. The summed E-state index contributed by atoms with van der Waals surface area (Å²) in [4.78, 5) is 27.6. The Kier molecular flexibility index (Phi) is 7.15. The smallest absolute Gasteiger partial charge is 0.270 e. The number of carbonyl (C=O) groups excluding carboxylic acids is 2. The number of hydrogen-bond donors (Lipinski definition) is 1. The van der Waals surface area contributed by atoms with E-state index in [4.69, 9.17) is 21.1 Å². The van der Waals surface area contributed by atoms with E-state index in [0.717, 1.165) is 0 Å². The van der Waals surface area contributed by atoms with Gasteiger partial charge in [-0.2, -0.15) is 5.10 Å². The summed E-state index contributed by atoms with van der Waals surface area (Å²) in [5, 5.41) is 8.86. The van der Waals surface area contributed by atoms with Crippen LogP contribution in [0.2, 0.25) is 5.02 Å². The van der Waals surface area contributed by atoms with Gasteiger partial charge in [0.05, 0.1) is 24.6 Å². The molecule has 2 amide bonds. The summed E-state index contributed by atoms with van der Waals surface area (Å²) in [7, 11) is 1.58.